The van der Waals surface area contributed by atoms with E-state index in [2.05, 4.69) is 15.9 Å². The molecule has 1 aromatic rings. The lowest BCUT2D eigenvalue weighted by molar-refractivity contribution is 0.194. The van der Waals surface area contributed by atoms with E-state index in [0.717, 1.165) is 17.3 Å². The van der Waals surface area contributed by atoms with E-state index >= 15 is 0 Å². The number of hydrogen-bond donors (Lipinski definition) is 2. The number of fused-ring (bicyclic) bond motifs is 1. The van der Waals surface area contributed by atoms with Gasteiger partial charge in [0.2, 0.25) is 0 Å². The summed E-state index contributed by atoms with van der Waals surface area (Å²) in [5.74, 6) is 0.204. The molecule has 1 aromatic carbocycles. The molecule has 2 rings (SSSR count). The summed E-state index contributed by atoms with van der Waals surface area (Å²) in [6.07, 6.45) is 5.07. The van der Waals surface area contributed by atoms with Crippen molar-refractivity contribution in [1.82, 2.24) is 0 Å². The third kappa shape index (κ3) is 2.11. The zero-order valence-corrected chi connectivity index (χ0v) is 11.0. The Hall–Kier alpha value is -0.540. The molecule has 0 saturated heterocycles. The number of aliphatic hydroxyl groups is 1. The lowest BCUT2D eigenvalue weighted by Gasteiger charge is -2.16. The molecule has 16 heavy (non-hydrogen) atoms. The van der Waals surface area contributed by atoms with Crippen LogP contribution in [-0.4, -0.2) is 10.2 Å². The minimum Gasteiger partial charge on any atom is -0.506 e. The maximum absolute atomic E-state index is 10.0. The summed E-state index contributed by atoms with van der Waals surface area (Å²) < 4.78 is 0.780. The molecule has 0 fully saturated rings. The van der Waals surface area contributed by atoms with Crippen molar-refractivity contribution in [1.29, 1.82) is 0 Å². The highest BCUT2D eigenvalue weighted by molar-refractivity contribution is 9.10. The van der Waals surface area contributed by atoms with Crippen LogP contribution in [0.15, 0.2) is 10.5 Å². The van der Waals surface area contributed by atoms with Crippen LogP contribution in [0.1, 0.15) is 49.0 Å². The van der Waals surface area contributed by atoms with Crippen molar-refractivity contribution in [3.63, 3.8) is 0 Å². The first-order chi connectivity index (χ1) is 7.61. The van der Waals surface area contributed by atoms with E-state index < -0.39 is 6.10 Å². The van der Waals surface area contributed by atoms with E-state index in [-0.39, 0.29) is 5.75 Å². The van der Waals surface area contributed by atoms with Crippen LogP contribution in [-0.2, 0) is 12.8 Å². The largest absolute Gasteiger partial charge is 0.506 e. The van der Waals surface area contributed by atoms with Gasteiger partial charge < -0.3 is 10.2 Å². The predicted molar refractivity (Wildman–Crippen MR) is 67.7 cm³/mol. The van der Waals surface area contributed by atoms with Crippen LogP contribution in [0.5, 0.6) is 5.75 Å². The maximum Gasteiger partial charge on any atom is 0.135 e. The van der Waals surface area contributed by atoms with Gasteiger partial charge in [0.25, 0.3) is 0 Å². The van der Waals surface area contributed by atoms with E-state index in [4.69, 9.17) is 0 Å². The number of phenolic OH excluding ortho intramolecular Hbond substituents is 1. The molecule has 0 saturated carbocycles. The van der Waals surface area contributed by atoms with Crippen molar-refractivity contribution < 1.29 is 10.2 Å². The van der Waals surface area contributed by atoms with E-state index in [0.29, 0.717) is 5.56 Å². The average Bonchev–Trinajstić information content (AvgIpc) is 2.48. The second-order valence-corrected chi connectivity index (χ2v) is 5.30. The minimum atomic E-state index is -0.621. The van der Waals surface area contributed by atoms with Crippen LogP contribution in [0.25, 0.3) is 0 Å². The van der Waals surface area contributed by atoms with Gasteiger partial charge in [0.05, 0.1) is 10.6 Å². The zero-order chi connectivity index (χ0) is 11.7. The first-order valence-electron chi connectivity index (χ1n) is 5.82. The highest BCUT2D eigenvalue weighted by atomic mass is 79.9. The zero-order valence-electron chi connectivity index (χ0n) is 9.46. The fourth-order valence-corrected chi connectivity index (χ4v) is 3.04. The second kappa shape index (κ2) is 4.76. The van der Waals surface area contributed by atoms with E-state index in [1.807, 2.05) is 6.07 Å². The minimum absolute atomic E-state index is 0.204. The monoisotopic (exact) mass is 284 g/mol. The number of aryl methyl sites for hydroxylation is 1. The fraction of sp³-hybridized carbons (Fsp3) is 0.538. The van der Waals surface area contributed by atoms with Crippen LogP contribution in [0.4, 0.5) is 0 Å². The highest BCUT2D eigenvalue weighted by Gasteiger charge is 2.19. The number of benzene rings is 1. The summed E-state index contributed by atoms with van der Waals surface area (Å²) in [6, 6.07) is 1.96. The molecule has 0 amide bonds. The molecule has 0 spiro atoms. The van der Waals surface area contributed by atoms with Gasteiger partial charge in [-0.25, -0.2) is 0 Å². The van der Waals surface area contributed by atoms with Gasteiger partial charge in [-0.05, 0) is 65.7 Å². The van der Waals surface area contributed by atoms with Gasteiger partial charge in [-0.2, -0.15) is 0 Å². The van der Waals surface area contributed by atoms with Crippen molar-refractivity contribution in [2.75, 3.05) is 0 Å². The third-order valence-electron chi connectivity index (χ3n) is 3.29. The Morgan fingerprint density at radius 3 is 2.62 bits per heavy atom. The third-order valence-corrected chi connectivity index (χ3v) is 4.14. The summed E-state index contributed by atoms with van der Waals surface area (Å²) in [5.41, 5.74) is 3.13. The number of halogens is 1. The molecule has 0 heterocycles. The molecule has 1 unspecified atom stereocenters. The molecule has 0 radical (unpaired) electrons. The van der Waals surface area contributed by atoms with Crippen molar-refractivity contribution in [2.45, 2.75) is 45.1 Å². The predicted octanol–water partition coefficient (Wildman–Crippen LogP) is 3.48. The Labute approximate surface area is 104 Å². The summed E-state index contributed by atoms with van der Waals surface area (Å²) >= 11 is 3.46. The Kier molecular flexibility index (Phi) is 3.55. The molecule has 88 valence electrons. The summed E-state index contributed by atoms with van der Waals surface area (Å²) in [5, 5.41) is 19.6. The number of hydrogen-bond acceptors (Lipinski definition) is 2. The smallest absolute Gasteiger partial charge is 0.135 e. The van der Waals surface area contributed by atoms with Crippen molar-refractivity contribution in [3.05, 3.63) is 27.2 Å². The Morgan fingerprint density at radius 2 is 1.94 bits per heavy atom. The summed E-state index contributed by atoms with van der Waals surface area (Å²) in [6.45, 7) is 1.69. The van der Waals surface area contributed by atoms with Crippen molar-refractivity contribution in [3.8, 4) is 5.75 Å². The number of aliphatic hydroxyl groups excluding tert-OH is 1. The van der Waals surface area contributed by atoms with E-state index in [9.17, 15) is 10.2 Å². The van der Waals surface area contributed by atoms with Crippen molar-refractivity contribution >= 4 is 15.9 Å². The standard InChI is InChI=1S/C13H17BrO2/c1-8(15)11-7-9-5-3-2-4-6-10(9)12(14)13(11)16/h7-8,15-16H,2-6H2,1H3. The van der Waals surface area contributed by atoms with E-state index in [1.165, 1.54) is 30.4 Å². The van der Waals surface area contributed by atoms with Gasteiger partial charge in [-0.3, -0.25) is 0 Å². The molecule has 3 heteroatoms. The molecule has 1 aliphatic rings. The number of phenols is 1. The molecule has 2 N–H and O–H groups in total. The molecule has 0 bridgehead atoms. The van der Waals surface area contributed by atoms with Crippen LogP contribution in [0, 0.1) is 0 Å². The topological polar surface area (TPSA) is 40.5 Å². The van der Waals surface area contributed by atoms with Gasteiger partial charge in [0.15, 0.2) is 0 Å². The molecule has 2 nitrogen and oxygen atoms in total. The lowest BCUT2D eigenvalue weighted by atomic mass is 9.97. The van der Waals surface area contributed by atoms with Crippen LogP contribution in [0.3, 0.4) is 0 Å². The first kappa shape index (κ1) is 11.9. The first-order valence-corrected chi connectivity index (χ1v) is 6.61. The Morgan fingerprint density at radius 1 is 1.25 bits per heavy atom. The average molecular weight is 285 g/mol. The quantitative estimate of drug-likeness (QED) is 0.776. The summed E-state index contributed by atoms with van der Waals surface area (Å²) in [7, 11) is 0. The fourth-order valence-electron chi connectivity index (χ4n) is 2.36. The van der Waals surface area contributed by atoms with Crippen LogP contribution < -0.4 is 0 Å². The van der Waals surface area contributed by atoms with Gasteiger partial charge >= 0.3 is 0 Å². The Bertz CT molecular complexity index is 399. The van der Waals surface area contributed by atoms with Gasteiger partial charge in [0.1, 0.15) is 5.75 Å². The number of aromatic hydroxyl groups is 1. The molecular formula is C13H17BrO2. The molecule has 1 aliphatic carbocycles. The Balaban J connectivity index is 2.55. The normalized spacial score (nSPS) is 17.7. The maximum atomic E-state index is 10.0. The SMILES string of the molecule is CC(O)c1cc2c(c(Br)c1O)CCCCC2. The molecular weight excluding hydrogens is 268 g/mol. The molecule has 0 aromatic heterocycles. The van der Waals surface area contributed by atoms with Gasteiger partial charge in [-0.1, -0.05) is 6.42 Å². The molecule has 0 aliphatic heterocycles. The van der Waals surface area contributed by atoms with E-state index in [1.54, 1.807) is 6.92 Å². The van der Waals surface area contributed by atoms with Crippen molar-refractivity contribution in [2.24, 2.45) is 0 Å². The highest BCUT2D eigenvalue weighted by Crippen LogP contribution is 2.39. The lowest BCUT2D eigenvalue weighted by Crippen LogP contribution is -2.00. The summed E-state index contributed by atoms with van der Waals surface area (Å²) in [4.78, 5) is 0. The second-order valence-electron chi connectivity index (χ2n) is 4.50. The van der Waals surface area contributed by atoms with Gasteiger partial charge in [-0.15, -0.1) is 0 Å². The number of rotatable bonds is 1. The molecule has 1 atom stereocenters. The van der Waals surface area contributed by atoms with Gasteiger partial charge in [0, 0.05) is 5.56 Å². The van der Waals surface area contributed by atoms with Crippen LogP contribution in [0.2, 0.25) is 0 Å². The van der Waals surface area contributed by atoms with Crippen LogP contribution >= 0.6 is 15.9 Å².